The van der Waals surface area contributed by atoms with Crippen LogP contribution in [0.5, 0.6) is 0 Å². The molecule has 5 nitrogen and oxygen atoms in total. The summed E-state index contributed by atoms with van der Waals surface area (Å²) in [5.41, 5.74) is -0.325. The maximum absolute atomic E-state index is 10.7. The first-order valence-electron chi connectivity index (χ1n) is 3.97. The lowest BCUT2D eigenvalue weighted by molar-refractivity contribution is -0.384. The highest BCUT2D eigenvalue weighted by molar-refractivity contribution is 6.43. The summed E-state index contributed by atoms with van der Waals surface area (Å²) in [7, 11) is 0. The van der Waals surface area contributed by atoms with E-state index in [0.717, 1.165) is 12.2 Å². The van der Waals surface area contributed by atoms with Crippen LogP contribution in [0.4, 0.5) is 5.69 Å². The van der Waals surface area contributed by atoms with Crippen LogP contribution < -0.4 is 0 Å². The van der Waals surface area contributed by atoms with Gasteiger partial charge in [-0.15, -0.1) is 0 Å². The molecule has 1 rings (SSSR count). The first-order chi connectivity index (χ1) is 7.43. The van der Waals surface area contributed by atoms with Crippen LogP contribution in [0.3, 0.4) is 0 Å². The number of carboxylic acid groups (broad SMARTS) is 1. The fraction of sp³-hybridized carbons (Fsp3) is 0. The fourth-order valence-electron chi connectivity index (χ4n) is 1.04. The van der Waals surface area contributed by atoms with Crippen LogP contribution in [0.2, 0.25) is 10.0 Å². The third kappa shape index (κ3) is 2.71. The molecule has 1 N–H and O–H groups in total. The maximum atomic E-state index is 10.7. The third-order valence-electron chi connectivity index (χ3n) is 1.69. The van der Waals surface area contributed by atoms with Crippen LogP contribution in [0.15, 0.2) is 18.2 Å². The Morgan fingerprint density at radius 1 is 1.44 bits per heavy atom. The van der Waals surface area contributed by atoms with Gasteiger partial charge >= 0.3 is 5.97 Å². The van der Waals surface area contributed by atoms with Crippen molar-refractivity contribution in [2.45, 2.75) is 0 Å². The third-order valence-corrected chi connectivity index (χ3v) is 2.48. The molecule has 0 fully saturated rings. The zero-order chi connectivity index (χ0) is 12.3. The number of nitro benzene ring substituents is 1. The van der Waals surface area contributed by atoms with E-state index >= 15 is 0 Å². The Labute approximate surface area is 100 Å². The molecule has 0 aliphatic rings. The lowest BCUT2D eigenvalue weighted by Crippen LogP contribution is -1.94. The molecule has 0 heterocycles. The molecule has 0 atom stereocenters. The van der Waals surface area contributed by atoms with Crippen molar-refractivity contribution in [2.75, 3.05) is 0 Å². The molecule has 0 radical (unpaired) electrons. The first-order valence-corrected chi connectivity index (χ1v) is 4.72. The summed E-state index contributed by atoms with van der Waals surface area (Å²) in [4.78, 5) is 20.3. The molecule has 0 spiro atoms. The molecule has 0 aliphatic carbocycles. The lowest BCUT2D eigenvalue weighted by atomic mass is 10.1. The van der Waals surface area contributed by atoms with Crippen molar-refractivity contribution >= 4 is 40.9 Å². The minimum absolute atomic E-state index is 0.0424. The predicted octanol–water partition coefficient (Wildman–Crippen LogP) is 3.00. The number of hydrogen-bond acceptors (Lipinski definition) is 3. The summed E-state index contributed by atoms with van der Waals surface area (Å²) < 4.78 is 0. The van der Waals surface area contributed by atoms with Crippen molar-refractivity contribution in [3.8, 4) is 0 Å². The van der Waals surface area contributed by atoms with E-state index in [1.807, 2.05) is 0 Å². The van der Waals surface area contributed by atoms with E-state index in [4.69, 9.17) is 28.3 Å². The summed E-state index contributed by atoms with van der Waals surface area (Å²) in [6.45, 7) is 0. The highest BCUT2D eigenvalue weighted by Crippen LogP contribution is 2.35. The number of nitrogens with zero attached hydrogens (tertiary/aromatic N) is 1. The summed E-state index contributed by atoms with van der Waals surface area (Å²) in [5.74, 6) is -1.21. The number of halogens is 2. The van der Waals surface area contributed by atoms with Crippen molar-refractivity contribution < 1.29 is 14.8 Å². The number of carboxylic acids is 1. The molecular formula is C9H5Cl2NO4. The number of carbonyl (C=O) groups is 1. The molecule has 1 aromatic rings. The second kappa shape index (κ2) is 4.96. The van der Waals surface area contributed by atoms with E-state index in [2.05, 4.69) is 0 Å². The van der Waals surface area contributed by atoms with Crippen LogP contribution in [0, 0.1) is 10.1 Å². The second-order valence-electron chi connectivity index (χ2n) is 2.73. The molecule has 1 aromatic carbocycles. The Morgan fingerprint density at radius 3 is 2.56 bits per heavy atom. The SMILES string of the molecule is O=C(O)/C=C/c1ccc(Cl)c(Cl)c1[N+](=O)[O-]. The van der Waals surface area contributed by atoms with Crippen molar-refractivity contribution in [2.24, 2.45) is 0 Å². The second-order valence-corrected chi connectivity index (χ2v) is 3.51. The summed E-state index contributed by atoms with van der Waals surface area (Å²) >= 11 is 11.3. The van der Waals surface area contributed by atoms with Crippen LogP contribution >= 0.6 is 23.2 Å². The molecule has 0 amide bonds. The van der Waals surface area contributed by atoms with Gasteiger partial charge in [-0.1, -0.05) is 23.2 Å². The molecule has 16 heavy (non-hydrogen) atoms. The maximum Gasteiger partial charge on any atom is 0.328 e. The number of nitro groups is 1. The molecule has 0 aliphatic heterocycles. The molecule has 84 valence electrons. The van der Waals surface area contributed by atoms with Crippen molar-refractivity contribution in [3.05, 3.63) is 43.9 Å². The van der Waals surface area contributed by atoms with Crippen LogP contribution in [0.1, 0.15) is 5.56 Å². The minimum atomic E-state index is -1.21. The molecule has 0 unspecified atom stereocenters. The number of benzene rings is 1. The van der Waals surface area contributed by atoms with Crippen molar-refractivity contribution in [1.82, 2.24) is 0 Å². The van der Waals surface area contributed by atoms with Crippen molar-refractivity contribution in [1.29, 1.82) is 0 Å². The minimum Gasteiger partial charge on any atom is -0.478 e. The predicted molar refractivity (Wildman–Crippen MR) is 59.8 cm³/mol. The molecule has 7 heteroatoms. The van der Waals surface area contributed by atoms with Crippen LogP contribution in [0.25, 0.3) is 6.08 Å². The average molecular weight is 262 g/mol. The van der Waals surface area contributed by atoms with Gasteiger partial charge in [0.05, 0.1) is 15.5 Å². The molecule has 0 aromatic heterocycles. The first kappa shape index (κ1) is 12.5. The molecule has 0 bridgehead atoms. The number of rotatable bonds is 3. The van der Waals surface area contributed by atoms with Gasteiger partial charge in [-0.2, -0.15) is 0 Å². The Morgan fingerprint density at radius 2 is 2.06 bits per heavy atom. The van der Waals surface area contributed by atoms with Gasteiger partial charge in [-0.05, 0) is 18.2 Å². The van der Waals surface area contributed by atoms with Gasteiger partial charge < -0.3 is 5.11 Å². The van der Waals surface area contributed by atoms with E-state index in [9.17, 15) is 14.9 Å². The van der Waals surface area contributed by atoms with E-state index in [0.29, 0.717) is 0 Å². The highest BCUT2D eigenvalue weighted by atomic mass is 35.5. The topological polar surface area (TPSA) is 80.4 Å². The van der Waals surface area contributed by atoms with Gasteiger partial charge in [0.25, 0.3) is 5.69 Å². The quantitative estimate of drug-likeness (QED) is 0.515. The lowest BCUT2D eigenvalue weighted by Gasteiger charge is -2.01. The Kier molecular flexibility index (Phi) is 3.87. The number of aliphatic carboxylic acids is 1. The monoisotopic (exact) mass is 261 g/mol. The van der Waals surface area contributed by atoms with Gasteiger partial charge in [0, 0.05) is 6.08 Å². The van der Waals surface area contributed by atoms with Gasteiger partial charge in [0.15, 0.2) is 0 Å². The van der Waals surface area contributed by atoms with E-state index in [-0.39, 0.29) is 15.6 Å². The Hall–Kier alpha value is -1.59. The van der Waals surface area contributed by atoms with Crippen LogP contribution in [-0.2, 0) is 4.79 Å². The Bertz CT molecular complexity index is 485. The van der Waals surface area contributed by atoms with E-state index < -0.39 is 16.6 Å². The van der Waals surface area contributed by atoms with Gasteiger partial charge in [0.1, 0.15) is 5.02 Å². The van der Waals surface area contributed by atoms with Gasteiger partial charge in [-0.3, -0.25) is 10.1 Å². The zero-order valence-electron chi connectivity index (χ0n) is 7.68. The highest BCUT2D eigenvalue weighted by Gasteiger charge is 2.19. The number of hydrogen-bond donors (Lipinski definition) is 1. The smallest absolute Gasteiger partial charge is 0.328 e. The Balaban J connectivity index is 3.34. The normalized spacial score (nSPS) is 10.6. The van der Waals surface area contributed by atoms with Gasteiger partial charge in [-0.25, -0.2) is 4.79 Å². The summed E-state index contributed by atoms with van der Waals surface area (Å²) in [5, 5.41) is 19.0. The van der Waals surface area contributed by atoms with Crippen molar-refractivity contribution in [3.63, 3.8) is 0 Å². The van der Waals surface area contributed by atoms with E-state index in [1.165, 1.54) is 12.1 Å². The molecular weight excluding hydrogens is 257 g/mol. The van der Waals surface area contributed by atoms with E-state index in [1.54, 1.807) is 0 Å². The fourth-order valence-corrected chi connectivity index (χ4v) is 1.43. The standard InChI is InChI=1S/C9H5Cl2NO4/c10-6-3-1-5(2-4-7(13)14)9(8(6)11)12(15)16/h1-4H,(H,13,14)/b4-2+. The van der Waals surface area contributed by atoms with Crippen LogP contribution in [-0.4, -0.2) is 16.0 Å². The molecule has 0 saturated carbocycles. The van der Waals surface area contributed by atoms with Gasteiger partial charge in [0.2, 0.25) is 0 Å². The zero-order valence-corrected chi connectivity index (χ0v) is 9.20. The summed E-state index contributed by atoms with van der Waals surface area (Å²) in [6.07, 6.45) is 1.87. The average Bonchev–Trinajstić information content (AvgIpc) is 2.19. The molecule has 0 saturated heterocycles. The largest absolute Gasteiger partial charge is 0.478 e. The summed E-state index contributed by atoms with van der Waals surface area (Å²) in [6, 6.07) is 2.68.